The highest BCUT2D eigenvalue weighted by molar-refractivity contribution is 4.69. The minimum atomic E-state index is 0.905. The average molecular weight is 228 g/mol. The van der Waals surface area contributed by atoms with Gasteiger partial charge in [0.15, 0.2) is 0 Å². The molecule has 16 heavy (non-hydrogen) atoms. The Morgan fingerprint density at radius 3 is 2.62 bits per heavy atom. The van der Waals surface area contributed by atoms with E-state index >= 15 is 0 Å². The molecule has 0 spiro atoms. The molecule has 0 saturated carbocycles. The summed E-state index contributed by atoms with van der Waals surface area (Å²) in [6, 6.07) is 0. The molecule has 1 saturated heterocycles. The van der Waals surface area contributed by atoms with E-state index in [1.54, 1.807) is 7.11 Å². The van der Waals surface area contributed by atoms with Gasteiger partial charge >= 0.3 is 0 Å². The third kappa shape index (κ3) is 6.46. The first-order valence-corrected chi connectivity index (χ1v) is 6.71. The van der Waals surface area contributed by atoms with Crippen LogP contribution in [-0.4, -0.2) is 51.8 Å². The van der Waals surface area contributed by atoms with Crippen LogP contribution in [-0.2, 0) is 4.74 Å². The molecular formula is C13H28N2O. The number of hydrogen-bond acceptors (Lipinski definition) is 3. The van der Waals surface area contributed by atoms with Gasteiger partial charge in [-0.25, -0.2) is 0 Å². The van der Waals surface area contributed by atoms with E-state index in [4.69, 9.17) is 4.74 Å². The SMILES string of the molecule is COCCCCN(C)CCC1CCNCC1. The average Bonchev–Trinajstić information content (AvgIpc) is 2.33. The Labute approximate surface area is 101 Å². The first-order valence-electron chi connectivity index (χ1n) is 6.71. The normalized spacial score (nSPS) is 18.2. The number of ether oxygens (including phenoxy) is 1. The fraction of sp³-hybridized carbons (Fsp3) is 1.00. The van der Waals surface area contributed by atoms with Gasteiger partial charge in [-0.15, -0.1) is 0 Å². The summed E-state index contributed by atoms with van der Waals surface area (Å²) in [7, 11) is 4.02. The Balaban J connectivity index is 1.94. The van der Waals surface area contributed by atoms with E-state index in [1.165, 1.54) is 58.3 Å². The molecule has 0 aliphatic carbocycles. The molecule has 3 heteroatoms. The zero-order valence-electron chi connectivity index (χ0n) is 11.0. The number of rotatable bonds is 8. The predicted octanol–water partition coefficient (Wildman–Crippen LogP) is 1.73. The maximum absolute atomic E-state index is 5.05. The molecule has 0 aromatic carbocycles. The molecule has 1 aliphatic rings. The second kappa shape index (κ2) is 8.97. The van der Waals surface area contributed by atoms with Crippen LogP contribution in [0.25, 0.3) is 0 Å². The second-order valence-corrected chi connectivity index (χ2v) is 4.99. The largest absolute Gasteiger partial charge is 0.385 e. The molecule has 96 valence electrons. The summed E-state index contributed by atoms with van der Waals surface area (Å²) in [6.45, 7) is 5.83. The molecule has 1 rings (SSSR count). The first kappa shape index (κ1) is 13.9. The fourth-order valence-corrected chi connectivity index (χ4v) is 2.31. The second-order valence-electron chi connectivity index (χ2n) is 4.99. The van der Waals surface area contributed by atoms with Gasteiger partial charge in [-0.05, 0) is 71.2 Å². The van der Waals surface area contributed by atoms with E-state index in [0.717, 1.165) is 12.5 Å². The minimum Gasteiger partial charge on any atom is -0.385 e. The molecule has 1 fully saturated rings. The lowest BCUT2D eigenvalue weighted by Gasteiger charge is -2.25. The van der Waals surface area contributed by atoms with Gasteiger partial charge in [0, 0.05) is 13.7 Å². The van der Waals surface area contributed by atoms with E-state index in [-0.39, 0.29) is 0 Å². The van der Waals surface area contributed by atoms with Crippen molar-refractivity contribution in [3.63, 3.8) is 0 Å². The quantitative estimate of drug-likeness (QED) is 0.640. The van der Waals surface area contributed by atoms with E-state index in [2.05, 4.69) is 17.3 Å². The first-order chi connectivity index (χ1) is 7.83. The summed E-state index contributed by atoms with van der Waals surface area (Å²) in [5, 5.41) is 3.42. The standard InChI is InChI=1S/C13H28N2O/c1-15(10-3-4-12-16-2)11-7-13-5-8-14-9-6-13/h13-14H,3-12H2,1-2H3. The van der Waals surface area contributed by atoms with E-state index < -0.39 is 0 Å². The highest BCUT2D eigenvalue weighted by Gasteiger charge is 2.13. The van der Waals surface area contributed by atoms with E-state index in [0.29, 0.717) is 0 Å². The molecule has 1 N–H and O–H groups in total. The van der Waals surface area contributed by atoms with Crippen LogP contribution in [0.3, 0.4) is 0 Å². The summed E-state index contributed by atoms with van der Waals surface area (Å²) in [5.41, 5.74) is 0. The maximum Gasteiger partial charge on any atom is 0.0462 e. The van der Waals surface area contributed by atoms with Gasteiger partial charge in [-0.3, -0.25) is 0 Å². The van der Waals surface area contributed by atoms with Crippen molar-refractivity contribution in [2.75, 3.05) is 46.9 Å². The Bertz CT molecular complexity index is 158. The van der Waals surface area contributed by atoms with Crippen LogP contribution in [0.5, 0.6) is 0 Å². The monoisotopic (exact) mass is 228 g/mol. The van der Waals surface area contributed by atoms with Crippen molar-refractivity contribution in [3.8, 4) is 0 Å². The van der Waals surface area contributed by atoms with Crippen molar-refractivity contribution in [1.82, 2.24) is 10.2 Å². The lowest BCUT2D eigenvalue weighted by molar-refractivity contribution is 0.185. The van der Waals surface area contributed by atoms with Gasteiger partial charge in [0.25, 0.3) is 0 Å². The molecule has 0 amide bonds. The van der Waals surface area contributed by atoms with Gasteiger partial charge < -0.3 is 15.0 Å². The number of unbranched alkanes of at least 4 members (excludes halogenated alkanes) is 1. The molecule has 3 nitrogen and oxygen atoms in total. The zero-order valence-corrected chi connectivity index (χ0v) is 11.0. The number of hydrogen-bond donors (Lipinski definition) is 1. The lowest BCUT2D eigenvalue weighted by Crippen LogP contribution is -2.30. The third-order valence-corrected chi connectivity index (χ3v) is 3.52. The molecule has 1 heterocycles. The number of nitrogens with zero attached hydrogens (tertiary/aromatic N) is 1. The highest BCUT2D eigenvalue weighted by Crippen LogP contribution is 2.15. The van der Waals surface area contributed by atoms with Crippen LogP contribution < -0.4 is 5.32 Å². The maximum atomic E-state index is 5.05. The van der Waals surface area contributed by atoms with Crippen LogP contribution >= 0.6 is 0 Å². The van der Waals surface area contributed by atoms with Crippen LogP contribution in [0.2, 0.25) is 0 Å². The van der Waals surface area contributed by atoms with Crippen molar-refractivity contribution < 1.29 is 4.74 Å². The lowest BCUT2D eigenvalue weighted by atomic mass is 9.94. The number of methoxy groups -OCH3 is 1. The Morgan fingerprint density at radius 2 is 1.94 bits per heavy atom. The summed E-state index contributed by atoms with van der Waals surface area (Å²) in [5.74, 6) is 0.961. The number of nitrogens with one attached hydrogen (secondary N) is 1. The van der Waals surface area contributed by atoms with Crippen molar-refractivity contribution in [2.45, 2.75) is 32.1 Å². The van der Waals surface area contributed by atoms with Gasteiger partial charge in [0.2, 0.25) is 0 Å². The van der Waals surface area contributed by atoms with E-state index in [1.807, 2.05) is 0 Å². The summed E-state index contributed by atoms with van der Waals surface area (Å²) < 4.78 is 5.05. The van der Waals surface area contributed by atoms with Crippen molar-refractivity contribution in [2.24, 2.45) is 5.92 Å². The van der Waals surface area contributed by atoms with Crippen LogP contribution in [0.1, 0.15) is 32.1 Å². The van der Waals surface area contributed by atoms with Gasteiger partial charge in [-0.2, -0.15) is 0 Å². The fourth-order valence-electron chi connectivity index (χ4n) is 2.31. The summed E-state index contributed by atoms with van der Waals surface area (Å²) >= 11 is 0. The van der Waals surface area contributed by atoms with Crippen LogP contribution in [0.15, 0.2) is 0 Å². The minimum absolute atomic E-state index is 0.905. The van der Waals surface area contributed by atoms with E-state index in [9.17, 15) is 0 Å². The Kier molecular flexibility index (Phi) is 7.81. The smallest absolute Gasteiger partial charge is 0.0462 e. The molecule has 0 aromatic rings. The summed E-state index contributed by atoms with van der Waals surface area (Å²) in [6.07, 6.45) is 6.57. The van der Waals surface area contributed by atoms with Crippen molar-refractivity contribution in [1.29, 1.82) is 0 Å². The van der Waals surface area contributed by atoms with Gasteiger partial charge in [0.1, 0.15) is 0 Å². The predicted molar refractivity (Wildman–Crippen MR) is 68.8 cm³/mol. The molecule has 0 bridgehead atoms. The van der Waals surface area contributed by atoms with Gasteiger partial charge in [-0.1, -0.05) is 0 Å². The third-order valence-electron chi connectivity index (χ3n) is 3.52. The van der Waals surface area contributed by atoms with Gasteiger partial charge in [0.05, 0.1) is 0 Å². The summed E-state index contributed by atoms with van der Waals surface area (Å²) in [4.78, 5) is 2.47. The Hall–Kier alpha value is -0.120. The topological polar surface area (TPSA) is 24.5 Å². The molecular weight excluding hydrogens is 200 g/mol. The zero-order chi connectivity index (χ0) is 11.6. The molecule has 0 aromatic heterocycles. The molecule has 0 atom stereocenters. The number of piperidine rings is 1. The molecule has 0 radical (unpaired) electrons. The highest BCUT2D eigenvalue weighted by atomic mass is 16.5. The van der Waals surface area contributed by atoms with Crippen molar-refractivity contribution in [3.05, 3.63) is 0 Å². The molecule has 0 unspecified atom stereocenters. The Morgan fingerprint density at radius 1 is 1.19 bits per heavy atom. The van der Waals surface area contributed by atoms with Crippen molar-refractivity contribution >= 4 is 0 Å². The van der Waals surface area contributed by atoms with Crippen LogP contribution in [0.4, 0.5) is 0 Å². The van der Waals surface area contributed by atoms with Crippen LogP contribution in [0, 0.1) is 5.92 Å². The molecule has 1 aliphatic heterocycles.